The second-order valence-corrected chi connectivity index (χ2v) is 6.74. The summed E-state index contributed by atoms with van der Waals surface area (Å²) >= 11 is 0. The quantitative estimate of drug-likeness (QED) is 0.809. The van der Waals surface area contributed by atoms with Crippen LogP contribution in [0.2, 0.25) is 0 Å². The lowest BCUT2D eigenvalue weighted by Gasteiger charge is -2.19. The van der Waals surface area contributed by atoms with E-state index in [4.69, 9.17) is 9.47 Å². The Bertz CT molecular complexity index is 497. The van der Waals surface area contributed by atoms with Gasteiger partial charge in [0.15, 0.2) is 11.5 Å². The van der Waals surface area contributed by atoms with Crippen molar-refractivity contribution in [2.24, 2.45) is 0 Å². The first-order chi connectivity index (χ1) is 10.1. The number of rotatable bonds is 7. The van der Waals surface area contributed by atoms with Gasteiger partial charge in [-0.25, -0.2) is 0 Å². The van der Waals surface area contributed by atoms with Crippen molar-refractivity contribution in [1.29, 1.82) is 0 Å². The molecule has 1 aliphatic heterocycles. The van der Waals surface area contributed by atoms with Gasteiger partial charge in [-0.05, 0) is 39.2 Å². The molecule has 3 rings (SSSR count). The zero-order valence-electron chi connectivity index (χ0n) is 12.9. The van der Waals surface area contributed by atoms with Crippen molar-refractivity contribution in [1.82, 2.24) is 5.32 Å². The molecule has 1 fully saturated rings. The zero-order valence-corrected chi connectivity index (χ0v) is 12.9. The van der Waals surface area contributed by atoms with Crippen LogP contribution in [0.5, 0.6) is 11.5 Å². The number of para-hydroxylation sites is 1. The van der Waals surface area contributed by atoms with E-state index in [2.05, 4.69) is 25.2 Å². The average molecular weight is 291 g/mol. The van der Waals surface area contributed by atoms with Gasteiger partial charge in [0.05, 0.1) is 13.2 Å². The molecule has 2 aliphatic rings. The minimum atomic E-state index is -0.150. The van der Waals surface area contributed by atoms with E-state index >= 15 is 0 Å². The summed E-state index contributed by atoms with van der Waals surface area (Å²) in [4.78, 5) is 0. The van der Waals surface area contributed by atoms with Crippen LogP contribution < -0.4 is 14.8 Å². The maximum atomic E-state index is 9.38. The predicted molar refractivity (Wildman–Crippen MR) is 82.0 cm³/mol. The number of aliphatic hydroxyl groups is 1. The van der Waals surface area contributed by atoms with E-state index in [0.29, 0.717) is 12.6 Å². The highest BCUT2D eigenvalue weighted by Gasteiger charge is 2.32. The third-order valence-corrected chi connectivity index (χ3v) is 4.05. The van der Waals surface area contributed by atoms with Gasteiger partial charge >= 0.3 is 0 Å². The van der Waals surface area contributed by atoms with E-state index in [1.165, 1.54) is 18.4 Å². The SMILES string of the molecule is CC1(C)Cc2cccc(OCCC(CO)NC3CC3)c2O1. The largest absolute Gasteiger partial charge is 0.490 e. The summed E-state index contributed by atoms with van der Waals surface area (Å²) in [6, 6.07) is 6.81. The summed E-state index contributed by atoms with van der Waals surface area (Å²) in [5.41, 5.74) is 1.07. The van der Waals surface area contributed by atoms with Crippen LogP contribution >= 0.6 is 0 Å². The molecule has 0 radical (unpaired) electrons. The number of nitrogens with one attached hydrogen (secondary N) is 1. The molecule has 1 atom stereocenters. The van der Waals surface area contributed by atoms with Crippen LogP contribution in [0, 0.1) is 0 Å². The lowest BCUT2D eigenvalue weighted by molar-refractivity contribution is 0.131. The smallest absolute Gasteiger partial charge is 0.165 e. The summed E-state index contributed by atoms with van der Waals surface area (Å²) in [5.74, 6) is 1.71. The standard InChI is InChI=1S/C17H25NO3/c1-17(2)10-12-4-3-5-15(16(12)21-17)20-9-8-14(11-19)18-13-6-7-13/h3-5,13-14,18-19H,6-11H2,1-2H3. The Morgan fingerprint density at radius 1 is 1.43 bits per heavy atom. The van der Waals surface area contributed by atoms with E-state index in [9.17, 15) is 5.11 Å². The molecule has 0 bridgehead atoms. The summed E-state index contributed by atoms with van der Waals surface area (Å²) in [6.45, 7) is 4.94. The highest BCUT2D eigenvalue weighted by atomic mass is 16.5. The van der Waals surface area contributed by atoms with Gasteiger partial charge in [0.1, 0.15) is 5.60 Å². The number of ether oxygens (including phenoxy) is 2. The Hall–Kier alpha value is -1.26. The van der Waals surface area contributed by atoms with Gasteiger partial charge in [-0.2, -0.15) is 0 Å². The molecule has 0 saturated heterocycles. The molecular weight excluding hydrogens is 266 g/mol. The van der Waals surface area contributed by atoms with Gasteiger partial charge < -0.3 is 19.9 Å². The molecular formula is C17H25NO3. The molecule has 21 heavy (non-hydrogen) atoms. The van der Waals surface area contributed by atoms with Gasteiger partial charge in [0, 0.05) is 24.1 Å². The van der Waals surface area contributed by atoms with Crippen molar-refractivity contribution in [3.8, 4) is 11.5 Å². The Balaban J connectivity index is 1.55. The molecule has 4 nitrogen and oxygen atoms in total. The van der Waals surface area contributed by atoms with Crippen LogP contribution in [-0.4, -0.2) is 36.0 Å². The fourth-order valence-corrected chi connectivity index (χ4v) is 2.82. The first kappa shape index (κ1) is 14.7. The molecule has 1 aromatic rings. The third kappa shape index (κ3) is 3.69. The lowest BCUT2D eigenvalue weighted by atomic mass is 10.0. The van der Waals surface area contributed by atoms with Gasteiger partial charge in [0.25, 0.3) is 0 Å². The second-order valence-electron chi connectivity index (χ2n) is 6.74. The van der Waals surface area contributed by atoms with Crippen molar-refractivity contribution < 1.29 is 14.6 Å². The zero-order chi connectivity index (χ0) is 14.9. The first-order valence-electron chi connectivity index (χ1n) is 7.88. The lowest BCUT2D eigenvalue weighted by Crippen LogP contribution is -2.35. The van der Waals surface area contributed by atoms with E-state index in [-0.39, 0.29) is 18.2 Å². The molecule has 1 saturated carbocycles. The molecule has 1 aromatic carbocycles. The number of benzene rings is 1. The minimum absolute atomic E-state index is 0.131. The highest BCUT2D eigenvalue weighted by molar-refractivity contribution is 5.50. The van der Waals surface area contributed by atoms with Gasteiger partial charge in [-0.3, -0.25) is 0 Å². The topological polar surface area (TPSA) is 50.7 Å². The van der Waals surface area contributed by atoms with Crippen LogP contribution in [0.4, 0.5) is 0 Å². The molecule has 1 aliphatic carbocycles. The first-order valence-corrected chi connectivity index (χ1v) is 7.88. The third-order valence-electron chi connectivity index (χ3n) is 4.05. The Kier molecular flexibility index (Phi) is 4.09. The molecule has 0 spiro atoms. The van der Waals surface area contributed by atoms with Gasteiger partial charge in [0.2, 0.25) is 0 Å². The predicted octanol–water partition coefficient (Wildman–Crippen LogP) is 2.28. The van der Waals surface area contributed by atoms with Crippen molar-refractivity contribution in [2.75, 3.05) is 13.2 Å². The monoisotopic (exact) mass is 291 g/mol. The molecule has 4 heteroatoms. The number of fused-ring (bicyclic) bond motifs is 1. The minimum Gasteiger partial charge on any atom is -0.490 e. The number of aliphatic hydroxyl groups excluding tert-OH is 1. The highest BCUT2D eigenvalue weighted by Crippen LogP contribution is 2.41. The fourth-order valence-electron chi connectivity index (χ4n) is 2.82. The molecule has 0 aromatic heterocycles. The van der Waals surface area contributed by atoms with E-state index in [1.54, 1.807) is 0 Å². The van der Waals surface area contributed by atoms with Gasteiger partial charge in [-0.15, -0.1) is 0 Å². The summed E-state index contributed by atoms with van der Waals surface area (Å²) < 4.78 is 11.9. The maximum Gasteiger partial charge on any atom is 0.165 e. The van der Waals surface area contributed by atoms with Crippen LogP contribution in [0.3, 0.4) is 0 Å². The van der Waals surface area contributed by atoms with E-state index in [0.717, 1.165) is 24.3 Å². The molecule has 0 amide bonds. The van der Waals surface area contributed by atoms with Gasteiger partial charge in [-0.1, -0.05) is 12.1 Å². The second kappa shape index (κ2) is 5.85. The molecule has 116 valence electrons. The normalized spacial score (nSPS) is 20.7. The Labute approximate surface area is 126 Å². The molecule has 2 N–H and O–H groups in total. The molecule has 1 heterocycles. The number of hydrogen-bond acceptors (Lipinski definition) is 4. The maximum absolute atomic E-state index is 9.38. The van der Waals surface area contributed by atoms with Crippen molar-refractivity contribution in [2.45, 2.75) is 57.2 Å². The van der Waals surface area contributed by atoms with Crippen LogP contribution in [-0.2, 0) is 6.42 Å². The summed E-state index contributed by atoms with van der Waals surface area (Å²) in [7, 11) is 0. The summed E-state index contributed by atoms with van der Waals surface area (Å²) in [5, 5.41) is 12.8. The van der Waals surface area contributed by atoms with Crippen LogP contribution in [0.15, 0.2) is 18.2 Å². The van der Waals surface area contributed by atoms with E-state index < -0.39 is 0 Å². The average Bonchev–Trinajstić information content (AvgIpc) is 3.18. The Morgan fingerprint density at radius 3 is 2.95 bits per heavy atom. The number of hydrogen-bond donors (Lipinski definition) is 2. The van der Waals surface area contributed by atoms with Crippen molar-refractivity contribution in [3.05, 3.63) is 23.8 Å². The van der Waals surface area contributed by atoms with E-state index in [1.807, 2.05) is 12.1 Å². The fraction of sp³-hybridized carbons (Fsp3) is 0.647. The van der Waals surface area contributed by atoms with Crippen molar-refractivity contribution in [3.63, 3.8) is 0 Å². The van der Waals surface area contributed by atoms with Crippen molar-refractivity contribution >= 4 is 0 Å². The Morgan fingerprint density at radius 2 is 2.24 bits per heavy atom. The summed E-state index contributed by atoms with van der Waals surface area (Å²) in [6.07, 6.45) is 4.18. The van der Waals surface area contributed by atoms with Crippen LogP contribution in [0.1, 0.15) is 38.7 Å². The molecule has 1 unspecified atom stereocenters. The van der Waals surface area contributed by atoms with Crippen LogP contribution in [0.25, 0.3) is 0 Å².